The number of benzene rings is 2. The van der Waals surface area contributed by atoms with Gasteiger partial charge in [-0.25, -0.2) is 0 Å². The Balaban J connectivity index is 1.61. The van der Waals surface area contributed by atoms with Crippen LogP contribution in [0.3, 0.4) is 0 Å². The molecule has 3 nitrogen and oxygen atoms in total. The molecule has 1 aliphatic rings. The summed E-state index contributed by atoms with van der Waals surface area (Å²) in [5.41, 5.74) is 2.64. The maximum Gasteiger partial charge on any atom is 0.307 e. The number of likely N-dealkylation sites (tertiary alicyclic amines) is 1. The van der Waals surface area contributed by atoms with E-state index in [1.165, 1.54) is 11.1 Å². The van der Waals surface area contributed by atoms with Crippen molar-refractivity contribution in [3.63, 3.8) is 0 Å². The average molecular weight is 356 g/mol. The molecule has 0 spiro atoms. The highest BCUT2D eigenvalue weighted by Gasteiger charge is 2.25. The summed E-state index contributed by atoms with van der Waals surface area (Å²) in [6.45, 7) is 2.66. The minimum absolute atomic E-state index is 0.196. The molecule has 1 unspecified atom stereocenters. The zero-order chi connectivity index (χ0) is 17.5. The van der Waals surface area contributed by atoms with Gasteiger partial charge in [-0.15, -0.1) is 11.8 Å². The summed E-state index contributed by atoms with van der Waals surface area (Å²) in [7, 11) is 0. The van der Waals surface area contributed by atoms with Gasteiger partial charge in [0.05, 0.1) is 11.2 Å². The van der Waals surface area contributed by atoms with Crippen molar-refractivity contribution >= 4 is 17.7 Å². The Morgan fingerprint density at radius 1 is 1.08 bits per heavy atom. The van der Waals surface area contributed by atoms with Gasteiger partial charge in [-0.05, 0) is 30.5 Å². The normalized spacial score (nSPS) is 18.4. The maximum absolute atomic E-state index is 11.2. The molecule has 2 aromatic rings. The third-order valence-corrected chi connectivity index (χ3v) is 6.05. The molecule has 1 heterocycles. The molecule has 0 saturated carbocycles. The van der Waals surface area contributed by atoms with Crippen LogP contribution in [0.15, 0.2) is 60.7 Å². The van der Waals surface area contributed by atoms with Crippen LogP contribution < -0.4 is 0 Å². The van der Waals surface area contributed by atoms with Crippen molar-refractivity contribution in [1.29, 1.82) is 0 Å². The Labute approximate surface area is 154 Å². The molecule has 0 amide bonds. The monoisotopic (exact) mass is 355 g/mol. The van der Waals surface area contributed by atoms with Crippen LogP contribution >= 0.6 is 11.8 Å². The van der Waals surface area contributed by atoms with E-state index in [1.54, 1.807) is 0 Å². The van der Waals surface area contributed by atoms with Gasteiger partial charge in [-0.2, -0.15) is 0 Å². The number of carbonyl (C=O) groups is 1. The fourth-order valence-electron chi connectivity index (χ4n) is 3.40. The lowest BCUT2D eigenvalue weighted by Crippen LogP contribution is -2.39. The number of carboxylic acids is 1. The van der Waals surface area contributed by atoms with Crippen LogP contribution in [0.4, 0.5) is 0 Å². The number of nitrogens with zero attached hydrogens (tertiary/aromatic N) is 1. The molecule has 1 atom stereocenters. The van der Waals surface area contributed by atoms with Crippen molar-refractivity contribution in [3.8, 4) is 0 Å². The molecular formula is C21H25NO2S. The number of rotatable bonds is 7. The SMILES string of the molecule is O=C(O)C1CCCN(CCSC(c2ccccc2)c2ccccc2)C1. The summed E-state index contributed by atoms with van der Waals surface area (Å²) in [6.07, 6.45) is 1.80. The zero-order valence-electron chi connectivity index (χ0n) is 14.4. The Bertz CT molecular complexity index is 623. The van der Waals surface area contributed by atoms with E-state index in [0.717, 1.165) is 31.7 Å². The molecular weight excluding hydrogens is 330 g/mol. The first-order chi connectivity index (χ1) is 12.2. The third-order valence-electron chi connectivity index (χ3n) is 4.75. The minimum atomic E-state index is -0.649. The van der Waals surface area contributed by atoms with Crippen molar-refractivity contribution in [2.75, 3.05) is 25.4 Å². The summed E-state index contributed by atoms with van der Waals surface area (Å²) < 4.78 is 0. The van der Waals surface area contributed by atoms with Gasteiger partial charge in [0.25, 0.3) is 0 Å². The van der Waals surface area contributed by atoms with Gasteiger partial charge < -0.3 is 10.0 Å². The van der Waals surface area contributed by atoms with Gasteiger partial charge >= 0.3 is 5.97 Å². The predicted molar refractivity (Wildman–Crippen MR) is 104 cm³/mol. The largest absolute Gasteiger partial charge is 0.481 e. The smallest absolute Gasteiger partial charge is 0.307 e. The highest BCUT2D eigenvalue weighted by atomic mass is 32.2. The van der Waals surface area contributed by atoms with Crippen LogP contribution in [0.5, 0.6) is 0 Å². The van der Waals surface area contributed by atoms with Gasteiger partial charge in [0, 0.05) is 18.8 Å². The summed E-state index contributed by atoms with van der Waals surface area (Å²) >= 11 is 1.94. The first-order valence-corrected chi connectivity index (χ1v) is 9.95. The van der Waals surface area contributed by atoms with Crippen LogP contribution in [0, 0.1) is 5.92 Å². The lowest BCUT2D eigenvalue weighted by Gasteiger charge is -2.31. The van der Waals surface area contributed by atoms with Crippen LogP contribution in [-0.2, 0) is 4.79 Å². The lowest BCUT2D eigenvalue weighted by molar-refractivity contribution is -0.143. The Morgan fingerprint density at radius 2 is 1.68 bits per heavy atom. The van der Waals surface area contributed by atoms with Gasteiger partial charge in [0.2, 0.25) is 0 Å². The first kappa shape index (κ1) is 18.0. The molecule has 132 valence electrons. The molecule has 0 bridgehead atoms. The van der Waals surface area contributed by atoms with E-state index in [-0.39, 0.29) is 5.92 Å². The van der Waals surface area contributed by atoms with Gasteiger partial charge in [-0.1, -0.05) is 60.7 Å². The molecule has 25 heavy (non-hydrogen) atoms. The number of piperidine rings is 1. The molecule has 2 aromatic carbocycles. The second-order valence-electron chi connectivity index (χ2n) is 6.55. The molecule has 0 radical (unpaired) electrons. The minimum Gasteiger partial charge on any atom is -0.481 e. The summed E-state index contributed by atoms with van der Waals surface area (Å²) in [5.74, 6) is 0.155. The number of thioether (sulfide) groups is 1. The lowest BCUT2D eigenvalue weighted by atomic mass is 9.98. The summed E-state index contributed by atoms with van der Waals surface area (Å²) in [6, 6.07) is 21.2. The second-order valence-corrected chi connectivity index (χ2v) is 7.76. The Hall–Kier alpha value is -1.78. The second kappa shape index (κ2) is 9.07. The van der Waals surface area contributed by atoms with E-state index in [9.17, 15) is 9.90 Å². The van der Waals surface area contributed by atoms with Crippen LogP contribution in [0.2, 0.25) is 0 Å². The highest BCUT2D eigenvalue weighted by Crippen LogP contribution is 2.35. The average Bonchev–Trinajstić information content (AvgIpc) is 2.67. The maximum atomic E-state index is 11.2. The zero-order valence-corrected chi connectivity index (χ0v) is 15.2. The molecule has 1 N–H and O–H groups in total. The molecule has 1 saturated heterocycles. The van der Waals surface area contributed by atoms with E-state index < -0.39 is 5.97 Å². The summed E-state index contributed by atoms with van der Waals surface area (Å²) in [5, 5.41) is 9.56. The van der Waals surface area contributed by atoms with Gasteiger partial charge in [0.15, 0.2) is 0 Å². The van der Waals surface area contributed by atoms with Crippen molar-refractivity contribution in [3.05, 3.63) is 71.8 Å². The van der Waals surface area contributed by atoms with Crippen LogP contribution in [0.1, 0.15) is 29.2 Å². The molecule has 0 aromatic heterocycles. The summed E-state index contributed by atoms with van der Waals surface area (Å²) in [4.78, 5) is 13.5. The van der Waals surface area contributed by atoms with E-state index in [0.29, 0.717) is 11.8 Å². The van der Waals surface area contributed by atoms with E-state index in [1.807, 2.05) is 11.8 Å². The van der Waals surface area contributed by atoms with Gasteiger partial charge in [0.1, 0.15) is 0 Å². The number of aliphatic carboxylic acids is 1. The number of hydrogen-bond donors (Lipinski definition) is 1. The van der Waals surface area contributed by atoms with Crippen LogP contribution in [0.25, 0.3) is 0 Å². The molecule has 3 rings (SSSR count). The first-order valence-electron chi connectivity index (χ1n) is 8.90. The Morgan fingerprint density at radius 3 is 2.24 bits per heavy atom. The van der Waals surface area contributed by atoms with Crippen LogP contribution in [-0.4, -0.2) is 41.4 Å². The molecule has 1 fully saturated rings. The fourth-order valence-corrected chi connectivity index (χ4v) is 4.70. The van der Waals surface area contributed by atoms with E-state index >= 15 is 0 Å². The predicted octanol–water partition coefficient (Wildman–Crippen LogP) is 4.31. The van der Waals surface area contributed by atoms with E-state index in [4.69, 9.17) is 0 Å². The third kappa shape index (κ3) is 5.10. The standard InChI is InChI=1S/C21H25NO2S/c23-21(24)19-12-7-13-22(16-19)14-15-25-20(17-8-3-1-4-9-17)18-10-5-2-6-11-18/h1-6,8-11,19-20H,7,12-16H2,(H,23,24). The quantitative estimate of drug-likeness (QED) is 0.804. The molecule has 1 aliphatic heterocycles. The number of hydrogen-bond acceptors (Lipinski definition) is 3. The topological polar surface area (TPSA) is 40.5 Å². The Kier molecular flexibility index (Phi) is 6.54. The molecule has 0 aliphatic carbocycles. The van der Waals surface area contributed by atoms with Crippen molar-refractivity contribution in [2.24, 2.45) is 5.92 Å². The fraction of sp³-hybridized carbons (Fsp3) is 0.381. The van der Waals surface area contributed by atoms with E-state index in [2.05, 4.69) is 65.6 Å². The number of carboxylic acid groups (broad SMARTS) is 1. The molecule has 4 heteroatoms. The highest BCUT2D eigenvalue weighted by molar-refractivity contribution is 7.99. The van der Waals surface area contributed by atoms with Crippen molar-refractivity contribution < 1.29 is 9.90 Å². The van der Waals surface area contributed by atoms with Crippen molar-refractivity contribution in [1.82, 2.24) is 4.90 Å². The van der Waals surface area contributed by atoms with Crippen molar-refractivity contribution in [2.45, 2.75) is 18.1 Å². The van der Waals surface area contributed by atoms with Gasteiger partial charge in [-0.3, -0.25) is 4.79 Å².